The summed E-state index contributed by atoms with van der Waals surface area (Å²) in [5, 5.41) is 6.10. The molecule has 6 heteroatoms. The number of anilines is 3. The first-order valence-electron chi connectivity index (χ1n) is 5.61. The van der Waals surface area contributed by atoms with Crippen LogP contribution >= 0.6 is 0 Å². The number of halogens is 1. The maximum atomic E-state index is 13.1. The molecule has 4 N–H and O–H groups in total. The maximum absolute atomic E-state index is 13.1. The molecule has 0 saturated carbocycles. The molecule has 0 spiro atoms. The Kier molecular flexibility index (Phi) is 2.56. The first-order chi connectivity index (χ1) is 8.72. The lowest BCUT2D eigenvalue weighted by Gasteiger charge is -2.08. The topological polar surface area (TPSA) is 75.9 Å². The molecule has 18 heavy (non-hydrogen) atoms. The second-order valence-corrected chi connectivity index (χ2v) is 4.10. The fourth-order valence-corrected chi connectivity index (χ4v) is 1.95. The van der Waals surface area contributed by atoms with Crippen molar-refractivity contribution in [3.05, 3.63) is 41.3 Å². The van der Waals surface area contributed by atoms with Gasteiger partial charge in [0.15, 0.2) is 0 Å². The average Bonchev–Trinajstić information content (AvgIpc) is 2.77. The molecule has 1 aromatic heterocycles. The van der Waals surface area contributed by atoms with Gasteiger partial charge in [-0.05, 0) is 18.2 Å². The number of fused-ring (bicyclic) bond motifs is 1. The average molecular weight is 245 g/mol. The van der Waals surface area contributed by atoms with Gasteiger partial charge in [0, 0.05) is 24.3 Å². The molecule has 0 fully saturated rings. The Morgan fingerprint density at radius 2 is 2.17 bits per heavy atom. The zero-order valence-corrected chi connectivity index (χ0v) is 9.57. The number of hydrogen-bond donors (Lipinski definition) is 3. The van der Waals surface area contributed by atoms with Crippen molar-refractivity contribution < 1.29 is 4.39 Å². The van der Waals surface area contributed by atoms with E-state index in [-0.39, 0.29) is 5.82 Å². The smallest absolute Gasteiger partial charge is 0.229 e. The minimum absolute atomic E-state index is 0.309. The van der Waals surface area contributed by atoms with E-state index in [1.165, 1.54) is 12.1 Å². The number of benzene rings is 1. The summed E-state index contributed by atoms with van der Waals surface area (Å²) in [7, 11) is 0. The number of hydrogen-bond acceptors (Lipinski definition) is 5. The first-order valence-corrected chi connectivity index (χ1v) is 5.61. The SMILES string of the molecule is Nc1nc(Nc2cccc(F)c2)nc2c1CNC2. The van der Waals surface area contributed by atoms with E-state index < -0.39 is 0 Å². The summed E-state index contributed by atoms with van der Waals surface area (Å²) in [6.45, 7) is 1.38. The number of aromatic nitrogens is 2. The second-order valence-electron chi connectivity index (χ2n) is 4.10. The Balaban J connectivity index is 1.92. The zero-order chi connectivity index (χ0) is 12.5. The van der Waals surface area contributed by atoms with Gasteiger partial charge in [-0.15, -0.1) is 0 Å². The highest BCUT2D eigenvalue weighted by atomic mass is 19.1. The number of rotatable bonds is 2. The van der Waals surface area contributed by atoms with Gasteiger partial charge in [-0.1, -0.05) is 6.07 Å². The summed E-state index contributed by atoms with van der Waals surface area (Å²) in [4.78, 5) is 8.51. The van der Waals surface area contributed by atoms with Crippen LogP contribution in [0.2, 0.25) is 0 Å². The summed E-state index contributed by atoms with van der Waals surface area (Å²) < 4.78 is 13.1. The van der Waals surface area contributed by atoms with E-state index in [0.717, 1.165) is 11.3 Å². The number of nitrogen functional groups attached to an aromatic ring is 1. The van der Waals surface area contributed by atoms with Crippen molar-refractivity contribution in [1.29, 1.82) is 0 Å². The Labute approximate surface area is 103 Å². The van der Waals surface area contributed by atoms with Crippen LogP contribution in [0.25, 0.3) is 0 Å². The molecular formula is C12H12FN5. The van der Waals surface area contributed by atoms with E-state index >= 15 is 0 Å². The van der Waals surface area contributed by atoms with Gasteiger partial charge in [0.2, 0.25) is 5.95 Å². The molecule has 1 aliphatic rings. The lowest BCUT2D eigenvalue weighted by Crippen LogP contribution is -2.05. The first kappa shape index (κ1) is 10.9. The number of nitrogens with zero attached hydrogens (tertiary/aromatic N) is 2. The Hall–Kier alpha value is -2.21. The van der Waals surface area contributed by atoms with Gasteiger partial charge >= 0.3 is 0 Å². The zero-order valence-electron chi connectivity index (χ0n) is 9.57. The summed E-state index contributed by atoms with van der Waals surface area (Å²) in [5.41, 5.74) is 8.28. The van der Waals surface area contributed by atoms with E-state index in [9.17, 15) is 4.39 Å². The Morgan fingerprint density at radius 1 is 1.28 bits per heavy atom. The van der Waals surface area contributed by atoms with Crippen LogP contribution in [0.15, 0.2) is 24.3 Å². The molecule has 3 rings (SSSR count). The third-order valence-electron chi connectivity index (χ3n) is 2.80. The quantitative estimate of drug-likeness (QED) is 0.748. The molecule has 0 unspecified atom stereocenters. The monoisotopic (exact) mass is 245 g/mol. The van der Waals surface area contributed by atoms with E-state index in [1.54, 1.807) is 12.1 Å². The van der Waals surface area contributed by atoms with Crippen molar-refractivity contribution in [1.82, 2.24) is 15.3 Å². The van der Waals surface area contributed by atoms with E-state index in [1.807, 2.05) is 0 Å². The predicted octanol–water partition coefficient (Wildman–Crippen LogP) is 1.54. The molecule has 0 atom stereocenters. The van der Waals surface area contributed by atoms with Gasteiger partial charge in [0.1, 0.15) is 11.6 Å². The van der Waals surface area contributed by atoms with E-state index in [0.29, 0.717) is 30.5 Å². The van der Waals surface area contributed by atoms with Crippen molar-refractivity contribution >= 4 is 17.5 Å². The highest BCUT2D eigenvalue weighted by Gasteiger charge is 2.17. The second kappa shape index (κ2) is 4.23. The molecule has 5 nitrogen and oxygen atoms in total. The van der Waals surface area contributed by atoms with E-state index in [4.69, 9.17) is 5.73 Å². The maximum Gasteiger partial charge on any atom is 0.229 e. The van der Waals surface area contributed by atoms with Crippen LogP contribution in [0, 0.1) is 5.82 Å². The standard InChI is InChI=1S/C12H12FN5/c13-7-2-1-3-8(4-7)16-12-17-10-6-15-5-9(10)11(14)18-12/h1-4,15H,5-6H2,(H3,14,16,17,18). The largest absolute Gasteiger partial charge is 0.383 e. The third kappa shape index (κ3) is 1.98. The van der Waals surface area contributed by atoms with Crippen LogP contribution in [0.5, 0.6) is 0 Å². The minimum atomic E-state index is -0.309. The molecule has 92 valence electrons. The van der Waals surface area contributed by atoms with Crippen molar-refractivity contribution in [2.45, 2.75) is 13.1 Å². The molecule has 1 aromatic carbocycles. The van der Waals surface area contributed by atoms with Crippen LogP contribution in [-0.4, -0.2) is 9.97 Å². The van der Waals surface area contributed by atoms with Gasteiger partial charge < -0.3 is 16.4 Å². The van der Waals surface area contributed by atoms with Crippen LogP contribution in [0.4, 0.5) is 21.8 Å². The van der Waals surface area contributed by atoms with Crippen molar-refractivity contribution in [3.63, 3.8) is 0 Å². The third-order valence-corrected chi connectivity index (χ3v) is 2.80. The van der Waals surface area contributed by atoms with Gasteiger partial charge in [-0.25, -0.2) is 9.37 Å². The Morgan fingerprint density at radius 3 is 3.00 bits per heavy atom. The number of nitrogens with two attached hydrogens (primary N) is 1. The van der Waals surface area contributed by atoms with Gasteiger partial charge in [0.05, 0.1) is 5.69 Å². The van der Waals surface area contributed by atoms with E-state index in [2.05, 4.69) is 20.6 Å². The fourth-order valence-electron chi connectivity index (χ4n) is 1.95. The lowest BCUT2D eigenvalue weighted by atomic mass is 10.2. The highest BCUT2D eigenvalue weighted by molar-refractivity contribution is 5.56. The van der Waals surface area contributed by atoms with Crippen LogP contribution in [0.3, 0.4) is 0 Å². The van der Waals surface area contributed by atoms with Crippen molar-refractivity contribution in [2.24, 2.45) is 0 Å². The molecule has 2 aromatic rings. The molecule has 0 bridgehead atoms. The Bertz CT molecular complexity index is 599. The minimum Gasteiger partial charge on any atom is -0.383 e. The summed E-state index contributed by atoms with van der Waals surface area (Å²) in [6.07, 6.45) is 0. The van der Waals surface area contributed by atoms with Gasteiger partial charge in [-0.2, -0.15) is 4.98 Å². The van der Waals surface area contributed by atoms with Gasteiger partial charge in [-0.3, -0.25) is 0 Å². The molecule has 0 amide bonds. The normalized spacial score (nSPS) is 13.4. The fraction of sp³-hybridized carbons (Fsp3) is 0.167. The number of nitrogens with one attached hydrogen (secondary N) is 2. The van der Waals surface area contributed by atoms with Crippen LogP contribution in [-0.2, 0) is 13.1 Å². The molecular weight excluding hydrogens is 233 g/mol. The summed E-state index contributed by atoms with van der Waals surface area (Å²) in [5.74, 6) is 0.542. The molecule has 0 saturated heterocycles. The molecule has 2 heterocycles. The molecule has 0 aliphatic carbocycles. The molecule has 0 radical (unpaired) electrons. The lowest BCUT2D eigenvalue weighted by molar-refractivity contribution is 0.628. The summed E-state index contributed by atoms with van der Waals surface area (Å²) >= 11 is 0. The van der Waals surface area contributed by atoms with Gasteiger partial charge in [0.25, 0.3) is 0 Å². The van der Waals surface area contributed by atoms with Crippen LogP contribution in [0.1, 0.15) is 11.3 Å². The summed E-state index contributed by atoms with van der Waals surface area (Å²) in [6, 6.07) is 6.13. The molecule has 1 aliphatic heterocycles. The van der Waals surface area contributed by atoms with Crippen molar-refractivity contribution in [2.75, 3.05) is 11.1 Å². The van der Waals surface area contributed by atoms with Crippen molar-refractivity contribution in [3.8, 4) is 0 Å². The highest BCUT2D eigenvalue weighted by Crippen LogP contribution is 2.22. The van der Waals surface area contributed by atoms with Crippen LogP contribution < -0.4 is 16.4 Å². The predicted molar refractivity (Wildman–Crippen MR) is 66.7 cm³/mol.